The van der Waals surface area contributed by atoms with E-state index >= 15 is 0 Å². The van der Waals surface area contributed by atoms with Crippen LogP contribution in [0.4, 0.5) is 9.52 Å². The average Bonchev–Trinajstić information content (AvgIpc) is 2.83. The second-order valence-electron chi connectivity index (χ2n) is 3.51. The van der Waals surface area contributed by atoms with Crippen LogP contribution in [0, 0.1) is 5.82 Å². The number of aromatic carboxylic acids is 1. The lowest BCUT2D eigenvalue weighted by molar-refractivity contribution is 0.0691. The molecule has 0 bridgehead atoms. The summed E-state index contributed by atoms with van der Waals surface area (Å²) in [5, 5.41) is 10.4. The summed E-state index contributed by atoms with van der Waals surface area (Å²) >= 11 is 3.96. The molecule has 0 spiro atoms. The molecule has 2 rings (SSSR count). The Hall–Kier alpha value is -1.52. The predicted octanol–water partition coefficient (Wildman–Crippen LogP) is 2.54. The third-order valence-corrected chi connectivity index (χ3v) is 4.79. The Morgan fingerprint density at radius 3 is 2.70 bits per heavy atom. The Kier molecular flexibility index (Phi) is 4.06. The van der Waals surface area contributed by atoms with E-state index in [1.165, 1.54) is 11.6 Å². The van der Waals surface area contributed by atoms with Gasteiger partial charge < -0.3 is 5.11 Å². The number of carboxylic acid groups (broad SMARTS) is 1. The molecule has 1 aromatic carbocycles. The van der Waals surface area contributed by atoms with Crippen molar-refractivity contribution in [1.29, 1.82) is 0 Å². The van der Waals surface area contributed by atoms with E-state index in [1.807, 2.05) is 0 Å². The molecule has 1 heterocycles. The molecule has 10 heteroatoms. The summed E-state index contributed by atoms with van der Waals surface area (Å²) < 4.78 is 40.3. The van der Waals surface area contributed by atoms with Crippen molar-refractivity contribution in [2.75, 3.05) is 4.72 Å². The molecule has 0 fully saturated rings. The fraction of sp³-hybridized carbons (Fsp3) is 0. The van der Waals surface area contributed by atoms with Crippen molar-refractivity contribution in [2.45, 2.75) is 4.90 Å². The van der Waals surface area contributed by atoms with Gasteiger partial charge in [0.25, 0.3) is 10.0 Å². The minimum absolute atomic E-state index is 0.0567. The van der Waals surface area contributed by atoms with Crippen LogP contribution >= 0.6 is 27.3 Å². The van der Waals surface area contributed by atoms with Crippen LogP contribution in [-0.2, 0) is 10.0 Å². The summed E-state index contributed by atoms with van der Waals surface area (Å²) in [6, 6.07) is 1.97. The Bertz CT molecular complexity index is 762. The van der Waals surface area contributed by atoms with Gasteiger partial charge in [-0.1, -0.05) is 15.9 Å². The van der Waals surface area contributed by atoms with Crippen LogP contribution in [0.25, 0.3) is 0 Å². The van der Waals surface area contributed by atoms with E-state index in [0.29, 0.717) is 0 Å². The minimum atomic E-state index is -4.26. The average molecular weight is 381 g/mol. The number of nitrogens with one attached hydrogen (secondary N) is 1. The summed E-state index contributed by atoms with van der Waals surface area (Å²) in [5.74, 6) is -2.89. The van der Waals surface area contributed by atoms with Gasteiger partial charge in [0, 0.05) is 16.0 Å². The van der Waals surface area contributed by atoms with Crippen LogP contribution in [0.2, 0.25) is 0 Å². The van der Waals surface area contributed by atoms with Crippen molar-refractivity contribution in [1.82, 2.24) is 4.98 Å². The van der Waals surface area contributed by atoms with Gasteiger partial charge in [-0.15, -0.1) is 11.3 Å². The van der Waals surface area contributed by atoms with E-state index in [9.17, 15) is 17.6 Å². The molecule has 2 N–H and O–H groups in total. The topological polar surface area (TPSA) is 96.4 Å². The lowest BCUT2D eigenvalue weighted by Crippen LogP contribution is -2.16. The van der Waals surface area contributed by atoms with Gasteiger partial charge in [0.2, 0.25) is 0 Å². The SMILES string of the molecule is O=C(O)c1cc(Br)cc(S(=O)(=O)Nc2nccs2)c1F. The molecule has 1 aromatic heterocycles. The van der Waals surface area contributed by atoms with E-state index in [4.69, 9.17) is 5.11 Å². The highest BCUT2D eigenvalue weighted by atomic mass is 79.9. The Balaban J connectivity index is 2.54. The second-order valence-corrected chi connectivity index (χ2v) is 6.97. The number of hydrogen-bond acceptors (Lipinski definition) is 5. The van der Waals surface area contributed by atoms with Crippen LogP contribution in [0.5, 0.6) is 0 Å². The van der Waals surface area contributed by atoms with Gasteiger partial charge in [-0.2, -0.15) is 0 Å². The predicted molar refractivity (Wildman–Crippen MR) is 74.0 cm³/mol. The molecule has 0 aliphatic rings. The molecule has 2 aromatic rings. The number of aromatic nitrogens is 1. The highest BCUT2D eigenvalue weighted by Crippen LogP contribution is 2.26. The maximum absolute atomic E-state index is 14.0. The van der Waals surface area contributed by atoms with Crippen LogP contribution in [0.15, 0.2) is 33.1 Å². The second kappa shape index (κ2) is 5.46. The monoisotopic (exact) mass is 380 g/mol. The van der Waals surface area contributed by atoms with E-state index in [1.54, 1.807) is 0 Å². The van der Waals surface area contributed by atoms with Gasteiger partial charge >= 0.3 is 5.97 Å². The molecular formula is C10H6BrFN2O4S2. The number of anilines is 1. The van der Waals surface area contributed by atoms with Crippen molar-refractivity contribution in [3.05, 3.63) is 39.6 Å². The number of hydrogen-bond donors (Lipinski definition) is 2. The number of thiazole rings is 1. The minimum Gasteiger partial charge on any atom is -0.478 e. The molecule has 0 saturated carbocycles. The normalized spacial score (nSPS) is 11.3. The number of rotatable bonds is 4. The molecule has 0 radical (unpaired) electrons. The zero-order chi connectivity index (χ0) is 14.9. The van der Waals surface area contributed by atoms with Gasteiger partial charge in [0.1, 0.15) is 4.90 Å². The number of benzene rings is 1. The van der Waals surface area contributed by atoms with Gasteiger partial charge in [0.15, 0.2) is 10.9 Å². The fourth-order valence-corrected chi connectivity index (χ4v) is 3.88. The van der Waals surface area contributed by atoms with Gasteiger partial charge in [0.05, 0.1) is 5.56 Å². The summed E-state index contributed by atoms with van der Waals surface area (Å²) in [4.78, 5) is 13.8. The number of halogens is 2. The van der Waals surface area contributed by atoms with Crippen molar-refractivity contribution in [3.8, 4) is 0 Å². The molecule has 0 saturated heterocycles. The smallest absolute Gasteiger partial charge is 0.338 e. The zero-order valence-electron chi connectivity index (χ0n) is 9.50. The van der Waals surface area contributed by atoms with Gasteiger partial charge in [-0.05, 0) is 12.1 Å². The molecule has 0 aliphatic heterocycles. The van der Waals surface area contributed by atoms with E-state index in [-0.39, 0.29) is 9.60 Å². The molecule has 0 unspecified atom stereocenters. The third kappa shape index (κ3) is 2.97. The van der Waals surface area contributed by atoms with Crippen molar-refractivity contribution in [3.63, 3.8) is 0 Å². The molecule has 20 heavy (non-hydrogen) atoms. The van der Waals surface area contributed by atoms with Gasteiger partial charge in [-0.25, -0.2) is 22.6 Å². The summed E-state index contributed by atoms with van der Waals surface area (Å²) in [6.45, 7) is 0. The highest BCUT2D eigenvalue weighted by molar-refractivity contribution is 9.10. The van der Waals surface area contributed by atoms with Crippen LogP contribution < -0.4 is 4.72 Å². The fourth-order valence-electron chi connectivity index (χ4n) is 1.36. The summed E-state index contributed by atoms with van der Waals surface area (Å²) in [5.41, 5.74) is -0.737. The first-order chi connectivity index (χ1) is 9.31. The Morgan fingerprint density at radius 2 is 2.15 bits per heavy atom. The Labute approximate surface area is 125 Å². The van der Waals surface area contributed by atoms with Crippen molar-refractivity contribution < 1.29 is 22.7 Å². The number of carbonyl (C=O) groups is 1. The summed E-state index contributed by atoms with van der Waals surface area (Å²) in [7, 11) is -4.26. The first-order valence-corrected chi connectivity index (χ1v) is 8.11. The maximum Gasteiger partial charge on any atom is 0.338 e. The first kappa shape index (κ1) is 14.9. The van der Waals surface area contributed by atoms with Crippen molar-refractivity contribution in [2.24, 2.45) is 0 Å². The maximum atomic E-state index is 14.0. The quantitative estimate of drug-likeness (QED) is 0.849. The van der Waals surface area contributed by atoms with Crippen LogP contribution in [0.1, 0.15) is 10.4 Å². The molecule has 0 amide bonds. The largest absolute Gasteiger partial charge is 0.478 e. The number of nitrogens with zero attached hydrogens (tertiary/aromatic N) is 1. The molecule has 0 atom stereocenters. The van der Waals surface area contributed by atoms with Gasteiger partial charge in [-0.3, -0.25) is 4.72 Å². The standard InChI is InChI=1S/C10H6BrFN2O4S2/c11-5-3-6(9(15)16)8(12)7(4-5)20(17,18)14-10-13-1-2-19-10/h1-4H,(H,13,14)(H,15,16). The van der Waals surface area contributed by atoms with E-state index in [2.05, 4.69) is 25.6 Å². The summed E-state index contributed by atoms with van der Waals surface area (Å²) in [6.07, 6.45) is 1.38. The highest BCUT2D eigenvalue weighted by Gasteiger charge is 2.25. The van der Waals surface area contributed by atoms with Crippen LogP contribution in [0.3, 0.4) is 0 Å². The lowest BCUT2D eigenvalue weighted by atomic mass is 10.2. The lowest BCUT2D eigenvalue weighted by Gasteiger charge is -2.08. The molecule has 6 nitrogen and oxygen atoms in total. The van der Waals surface area contributed by atoms with E-state index < -0.39 is 32.3 Å². The molecular weight excluding hydrogens is 375 g/mol. The van der Waals surface area contributed by atoms with Crippen LogP contribution in [-0.4, -0.2) is 24.5 Å². The Morgan fingerprint density at radius 1 is 1.45 bits per heavy atom. The molecule has 106 valence electrons. The zero-order valence-corrected chi connectivity index (χ0v) is 12.7. The van der Waals surface area contributed by atoms with Crippen molar-refractivity contribution >= 4 is 48.4 Å². The molecule has 0 aliphatic carbocycles. The number of sulfonamides is 1. The number of carboxylic acids is 1. The van der Waals surface area contributed by atoms with E-state index in [0.717, 1.165) is 23.5 Å². The third-order valence-electron chi connectivity index (χ3n) is 2.18. The first-order valence-electron chi connectivity index (χ1n) is 4.96.